The number of thiocarbonyl (C=S) groups is 1. The quantitative estimate of drug-likeness (QED) is 0.586. The van der Waals surface area contributed by atoms with Crippen molar-refractivity contribution in [3.63, 3.8) is 0 Å². The van der Waals surface area contributed by atoms with Crippen molar-refractivity contribution < 1.29 is 9.53 Å². The molecule has 0 aliphatic rings. The second kappa shape index (κ2) is 7.37. The van der Waals surface area contributed by atoms with Crippen LogP contribution >= 0.6 is 34.8 Å². The molecule has 0 spiro atoms. The van der Waals surface area contributed by atoms with Crippen LogP contribution in [0.15, 0.2) is 48.5 Å². The maximum absolute atomic E-state index is 11.9. The number of rotatable bonds is 5. The summed E-state index contributed by atoms with van der Waals surface area (Å²) in [5.41, 5.74) is 6.99. The lowest BCUT2D eigenvalue weighted by Crippen LogP contribution is -2.22. The lowest BCUT2D eigenvalue weighted by atomic mass is 10.2. The molecule has 0 heterocycles. The summed E-state index contributed by atoms with van der Waals surface area (Å²) in [6.07, 6.45) is 0. The first-order chi connectivity index (χ1) is 10.1. The van der Waals surface area contributed by atoms with Gasteiger partial charge in [-0.25, -0.2) is 0 Å². The average molecular weight is 412 g/mol. The SMILES string of the molecule is NC(=S)c1ccccc1OCC(=O)Nc1ccccc1I. The van der Waals surface area contributed by atoms with Crippen molar-refractivity contribution in [3.8, 4) is 5.75 Å². The van der Waals surface area contributed by atoms with Gasteiger partial charge in [0.1, 0.15) is 10.7 Å². The van der Waals surface area contributed by atoms with E-state index in [2.05, 4.69) is 27.9 Å². The minimum atomic E-state index is -0.239. The molecule has 2 rings (SSSR count). The van der Waals surface area contributed by atoms with Crippen LogP contribution in [0.3, 0.4) is 0 Å². The number of carbonyl (C=O) groups excluding carboxylic acids is 1. The molecule has 0 fully saturated rings. The normalized spacial score (nSPS) is 9.95. The molecule has 0 aliphatic carbocycles. The number of nitrogens with one attached hydrogen (secondary N) is 1. The van der Waals surface area contributed by atoms with Crippen LogP contribution in [0.25, 0.3) is 0 Å². The van der Waals surface area contributed by atoms with Crippen molar-refractivity contribution in [3.05, 3.63) is 57.7 Å². The number of carbonyl (C=O) groups is 1. The van der Waals surface area contributed by atoms with Crippen LogP contribution in [-0.2, 0) is 4.79 Å². The van der Waals surface area contributed by atoms with E-state index < -0.39 is 0 Å². The Kier molecular flexibility index (Phi) is 5.51. The Labute approximate surface area is 141 Å². The van der Waals surface area contributed by atoms with Crippen molar-refractivity contribution in [2.75, 3.05) is 11.9 Å². The second-order valence-electron chi connectivity index (χ2n) is 4.18. The number of hydrogen-bond donors (Lipinski definition) is 2. The Balaban J connectivity index is 1.99. The highest BCUT2D eigenvalue weighted by Gasteiger charge is 2.09. The van der Waals surface area contributed by atoms with Gasteiger partial charge in [0.15, 0.2) is 6.61 Å². The van der Waals surface area contributed by atoms with Gasteiger partial charge in [0, 0.05) is 3.57 Å². The Morgan fingerprint density at radius 1 is 1.19 bits per heavy atom. The summed E-state index contributed by atoms with van der Waals surface area (Å²) >= 11 is 7.11. The molecule has 0 unspecified atom stereocenters. The van der Waals surface area contributed by atoms with Crippen LogP contribution in [0, 0.1) is 3.57 Å². The van der Waals surface area contributed by atoms with Gasteiger partial charge in [-0.3, -0.25) is 4.79 Å². The zero-order valence-corrected chi connectivity index (χ0v) is 14.0. The summed E-state index contributed by atoms with van der Waals surface area (Å²) in [4.78, 5) is 12.2. The Morgan fingerprint density at radius 3 is 2.57 bits per heavy atom. The molecule has 0 saturated heterocycles. The van der Waals surface area contributed by atoms with E-state index in [1.165, 1.54) is 0 Å². The van der Waals surface area contributed by atoms with Gasteiger partial charge in [-0.05, 0) is 46.9 Å². The van der Waals surface area contributed by atoms with Crippen LogP contribution in [0.1, 0.15) is 5.56 Å². The maximum atomic E-state index is 11.9. The van der Waals surface area contributed by atoms with Gasteiger partial charge in [0.25, 0.3) is 5.91 Å². The maximum Gasteiger partial charge on any atom is 0.262 e. The Morgan fingerprint density at radius 2 is 1.86 bits per heavy atom. The number of ether oxygens (including phenoxy) is 1. The van der Waals surface area contributed by atoms with E-state index in [4.69, 9.17) is 22.7 Å². The van der Waals surface area contributed by atoms with Crippen LogP contribution in [0.2, 0.25) is 0 Å². The van der Waals surface area contributed by atoms with Gasteiger partial charge < -0.3 is 15.8 Å². The molecule has 4 nitrogen and oxygen atoms in total. The molecule has 2 aromatic carbocycles. The van der Waals surface area contributed by atoms with Crippen molar-refractivity contribution in [2.24, 2.45) is 5.73 Å². The molecule has 0 aliphatic heterocycles. The summed E-state index contributed by atoms with van der Waals surface area (Å²) in [5, 5.41) is 2.79. The first-order valence-corrected chi connectivity index (χ1v) is 7.62. The predicted octanol–water partition coefficient (Wildman–Crippen LogP) is 2.94. The number of hydrogen-bond acceptors (Lipinski definition) is 3. The van der Waals surface area contributed by atoms with Crippen molar-refractivity contribution in [1.29, 1.82) is 0 Å². The van der Waals surface area contributed by atoms with Gasteiger partial charge in [-0.1, -0.05) is 36.5 Å². The second-order valence-corrected chi connectivity index (χ2v) is 5.78. The van der Waals surface area contributed by atoms with Crippen LogP contribution < -0.4 is 15.8 Å². The molecule has 108 valence electrons. The highest BCUT2D eigenvalue weighted by atomic mass is 127. The van der Waals surface area contributed by atoms with Crippen LogP contribution in [0.4, 0.5) is 5.69 Å². The standard InChI is InChI=1S/C15H13IN2O2S/c16-11-6-2-3-7-12(11)18-14(19)9-20-13-8-4-1-5-10(13)15(17)21/h1-8H,9H2,(H2,17,21)(H,18,19). The summed E-state index contributed by atoms with van der Waals surface area (Å²) in [6, 6.07) is 14.6. The fourth-order valence-corrected chi connectivity index (χ4v) is 2.38. The van der Waals surface area contributed by atoms with Gasteiger partial charge in [-0.2, -0.15) is 0 Å². The molecule has 0 atom stereocenters. The summed E-state index contributed by atoms with van der Waals surface area (Å²) in [5.74, 6) is 0.264. The molecule has 0 saturated carbocycles. The minimum absolute atomic E-state index is 0.107. The highest BCUT2D eigenvalue weighted by molar-refractivity contribution is 14.1. The number of nitrogens with two attached hydrogens (primary N) is 1. The largest absolute Gasteiger partial charge is 0.483 e. The van der Waals surface area contributed by atoms with E-state index in [-0.39, 0.29) is 17.5 Å². The number of halogens is 1. The first kappa shape index (κ1) is 15.7. The van der Waals surface area contributed by atoms with E-state index in [1.807, 2.05) is 30.3 Å². The third-order valence-corrected chi connectivity index (χ3v) is 3.82. The van der Waals surface area contributed by atoms with E-state index >= 15 is 0 Å². The number of para-hydroxylation sites is 2. The van der Waals surface area contributed by atoms with Gasteiger partial charge in [-0.15, -0.1) is 0 Å². The van der Waals surface area contributed by atoms with Crippen LogP contribution in [0.5, 0.6) is 5.75 Å². The lowest BCUT2D eigenvalue weighted by Gasteiger charge is -2.11. The number of anilines is 1. The molecular formula is C15H13IN2O2S. The minimum Gasteiger partial charge on any atom is -0.483 e. The van der Waals surface area contributed by atoms with Crippen LogP contribution in [-0.4, -0.2) is 17.5 Å². The molecule has 1 amide bonds. The third kappa shape index (κ3) is 4.40. The monoisotopic (exact) mass is 412 g/mol. The molecule has 0 aromatic heterocycles. The zero-order valence-electron chi connectivity index (χ0n) is 11.0. The third-order valence-electron chi connectivity index (χ3n) is 2.66. The molecule has 3 N–H and O–H groups in total. The lowest BCUT2D eigenvalue weighted by molar-refractivity contribution is -0.118. The van der Waals surface area contributed by atoms with E-state index in [9.17, 15) is 4.79 Å². The predicted molar refractivity (Wildman–Crippen MR) is 95.6 cm³/mol. The number of benzene rings is 2. The van der Waals surface area contributed by atoms with Crippen molar-refractivity contribution in [2.45, 2.75) is 0 Å². The van der Waals surface area contributed by atoms with E-state index in [1.54, 1.807) is 18.2 Å². The Hall–Kier alpha value is -1.67. The summed E-state index contributed by atoms with van der Waals surface area (Å²) < 4.78 is 6.46. The number of amides is 1. The molecule has 21 heavy (non-hydrogen) atoms. The molecule has 2 aromatic rings. The van der Waals surface area contributed by atoms with Crippen molar-refractivity contribution >= 4 is 51.4 Å². The van der Waals surface area contributed by atoms with Gasteiger partial charge >= 0.3 is 0 Å². The van der Waals surface area contributed by atoms with Gasteiger partial charge in [0.2, 0.25) is 0 Å². The molecule has 0 bridgehead atoms. The molecular weight excluding hydrogens is 399 g/mol. The highest BCUT2D eigenvalue weighted by Crippen LogP contribution is 2.19. The fraction of sp³-hybridized carbons (Fsp3) is 0.0667. The smallest absolute Gasteiger partial charge is 0.262 e. The summed E-state index contributed by atoms with van der Waals surface area (Å²) in [7, 11) is 0. The average Bonchev–Trinajstić information content (AvgIpc) is 2.48. The fourth-order valence-electron chi connectivity index (χ4n) is 1.69. The van der Waals surface area contributed by atoms with Gasteiger partial charge in [0.05, 0.1) is 11.3 Å². The molecule has 6 heteroatoms. The molecule has 0 radical (unpaired) electrons. The summed E-state index contributed by atoms with van der Waals surface area (Å²) in [6.45, 7) is -0.107. The topological polar surface area (TPSA) is 64.3 Å². The Bertz CT molecular complexity index is 676. The van der Waals surface area contributed by atoms with E-state index in [0.717, 1.165) is 9.26 Å². The van der Waals surface area contributed by atoms with Crippen molar-refractivity contribution in [1.82, 2.24) is 0 Å². The van der Waals surface area contributed by atoms with E-state index in [0.29, 0.717) is 11.3 Å². The first-order valence-electron chi connectivity index (χ1n) is 6.14. The zero-order chi connectivity index (χ0) is 15.2.